The van der Waals surface area contributed by atoms with Crippen LogP contribution >= 0.6 is 0 Å². The maximum Gasteiger partial charge on any atom is 0.337 e. The van der Waals surface area contributed by atoms with Gasteiger partial charge in [-0.1, -0.05) is 30.3 Å². The molecule has 0 atom stereocenters. The number of para-hydroxylation sites is 2. The topological polar surface area (TPSA) is 58.6 Å². The van der Waals surface area contributed by atoms with Gasteiger partial charge in [-0.2, -0.15) is 0 Å². The molecule has 0 bridgehead atoms. The second kappa shape index (κ2) is 6.61. The van der Waals surface area contributed by atoms with Crippen LogP contribution in [0, 0.1) is 6.92 Å². The highest BCUT2D eigenvalue weighted by molar-refractivity contribution is 5.95. The van der Waals surface area contributed by atoms with Crippen LogP contribution < -0.4 is 10.1 Å². The van der Waals surface area contributed by atoms with Crippen LogP contribution in [-0.2, 0) is 0 Å². The van der Waals surface area contributed by atoms with Gasteiger partial charge < -0.3 is 15.2 Å². The summed E-state index contributed by atoms with van der Waals surface area (Å²) in [5, 5.41) is 12.3. The molecule has 0 fully saturated rings. The SMILES string of the molecule is Cc1cccc(C(=O)O)c1NCCOc1ccccc1. The van der Waals surface area contributed by atoms with Crippen LogP contribution in [-0.4, -0.2) is 24.2 Å². The van der Waals surface area contributed by atoms with Crippen molar-refractivity contribution in [1.29, 1.82) is 0 Å². The fourth-order valence-corrected chi connectivity index (χ4v) is 1.94. The van der Waals surface area contributed by atoms with Crippen molar-refractivity contribution < 1.29 is 14.6 Å². The number of ether oxygens (including phenoxy) is 1. The molecule has 0 aliphatic rings. The van der Waals surface area contributed by atoms with Gasteiger partial charge in [0.15, 0.2) is 0 Å². The van der Waals surface area contributed by atoms with Crippen molar-refractivity contribution >= 4 is 11.7 Å². The van der Waals surface area contributed by atoms with Crippen LogP contribution in [0.1, 0.15) is 15.9 Å². The molecule has 4 nitrogen and oxygen atoms in total. The molecule has 0 saturated heterocycles. The van der Waals surface area contributed by atoms with Gasteiger partial charge in [-0.25, -0.2) is 4.79 Å². The highest BCUT2D eigenvalue weighted by atomic mass is 16.5. The monoisotopic (exact) mass is 271 g/mol. The van der Waals surface area contributed by atoms with Crippen LogP contribution in [0.2, 0.25) is 0 Å². The number of carbonyl (C=O) groups is 1. The van der Waals surface area contributed by atoms with Gasteiger partial charge in [-0.3, -0.25) is 0 Å². The largest absolute Gasteiger partial charge is 0.492 e. The Morgan fingerprint density at radius 2 is 1.90 bits per heavy atom. The predicted molar refractivity (Wildman–Crippen MR) is 78.6 cm³/mol. The third kappa shape index (κ3) is 3.51. The zero-order chi connectivity index (χ0) is 14.4. The fraction of sp³-hybridized carbons (Fsp3) is 0.188. The summed E-state index contributed by atoms with van der Waals surface area (Å²) >= 11 is 0. The highest BCUT2D eigenvalue weighted by Gasteiger charge is 2.11. The van der Waals surface area contributed by atoms with Gasteiger partial charge >= 0.3 is 5.97 Å². The number of benzene rings is 2. The first-order chi connectivity index (χ1) is 9.68. The maximum atomic E-state index is 11.2. The molecule has 0 heterocycles. The minimum absolute atomic E-state index is 0.282. The Morgan fingerprint density at radius 3 is 2.60 bits per heavy atom. The molecule has 0 radical (unpaired) electrons. The third-order valence-corrected chi connectivity index (χ3v) is 2.92. The zero-order valence-electron chi connectivity index (χ0n) is 11.3. The van der Waals surface area contributed by atoms with E-state index in [1.807, 2.05) is 43.3 Å². The van der Waals surface area contributed by atoms with E-state index in [2.05, 4.69) is 5.32 Å². The van der Waals surface area contributed by atoms with Crippen LogP contribution in [0.3, 0.4) is 0 Å². The Balaban J connectivity index is 1.93. The molecule has 4 heteroatoms. The average Bonchev–Trinajstić information content (AvgIpc) is 2.45. The van der Waals surface area contributed by atoms with E-state index in [0.29, 0.717) is 18.8 Å². The summed E-state index contributed by atoms with van der Waals surface area (Å²) in [5.41, 5.74) is 1.84. The molecule has 2 aromatic carbocycles. The molecule has 0 aromatic heterocycles. The van der Waals surface area contributed by atoms with Gasteiger partial charge in [-0.05, 0) is 30.7 Å². The summed E-state index contributed by atoms with van der Waals surface area (Å²) in [6.07, 6.45) is 0. The smallest absolute Gasteiger partial charge is 0.337 e. The molecule has 0 aliphatic heterocycles. The van der Waals surface area contributed by atoms with Gasteiger partial charge in [0, 0.05) is 6.54 Å². The lowest BCUT2D eigenvalue weighted by Crippen LogP contribution is -2.14. The summed E-state index contributed by atoms with van der Waals surface area (Å²) in [6, 6.07) is 14.7. The number of hydrogen-bond donors (Lipinski definition) is 2. The van der Waals surface area contributed by atoms with Crippen molar-refractivity contribution in [2.24, 2.45) is 0 Å². The number of aromatic carboxylic acids is 1. The molecule has 20 heavy (non-hydrogen) atoms. The van der Waals surface area contributed by atoms with Crippen LogP contribution in [0.5, 0.6) is 5.75 Å². The average molecular weight is 271 g/mol. The number of nitrogens with one attached hydrogen (secondary N) is 1. The van der Waals surface area contributed by atoms with Gasteiger partial charge in [-0.15, -0.1) is 0 Å². The normalized spacial score (nSPS) is 10.1. The first kappa shape index (κ1) is 13.9. The summed E-state index contributed by atoms with van der Waals surface area (Å²) < 4.78 is 5.56. The van der Waals surface area contributed by atoms with E-state index in [1.54, 1.807) is 12.1 Å². The molecule has 0 saturated carbocycles. The Labute approximate surface area is 118 Å². The maximum absolute atomic E-state index is 11.2. The van der Waals surface area contributed by atoms with Crippen molar-refractivity contribution in [1.82, 2.24) is 0 Å². The second-order valence-corrected chi connectivity index (χ2v) is 4.39. The summed E-state index contributed by atoms with van der Waals surface area (Å²) in [7, 11) is 0. The number of carboxylic acids is 1. The molecular formula is C16H17NO3. The zero-order valence-corrected chi connectivity index (χ0v) is 11.3. The molecule has 2 aromatic rings. The first-order valence-corrected chi connectivity index (χ1v) is 6.43. The van der Waals surface area contributed by atoms with Crippen LogP contribution in [0.25, 0.3) is 0 Å². The molecule has 2 N–H and O–H groups in total. The van der Waals surface area contributed by atoms with Gasteiger partial charge in [0.1, 0.15) is 12.4 Å². The van der Waals surface area contributed by atoms with Crippen LogP contribution in [0.4, 0.5) is 5.69 Å². The van der Waals surface area contributed by atoms with Crippen molar-refractivity contribution in [3.63, 3.8) is 0 Å². The molecular weight excluding hydrogens is 254 g/mol. The number of rotatable bonds is 6. The van der Waals surface area contributed by atoms with E-state index >= 15 is 0 Å². The van der Waals surface area contributed by atoms with E-state index in [9.17, 15) is 4.79 Å². The Morgan fingerprint density at radius 1 is 1.15 bits per heavy atom. The van der Waals surface area contributed by atoms with E-state index in [1.165, 1.54) is 0 Å². The molecule has 0 spiro atoms. The summed E-state index contributed by atoms with van der Waals surface area (Å²) in [4.78, 5) is 11.2. The lowest BCUT2D eigenvalue weighted by Gasteiger charge is -2.13. The van der Waals surface area contributed by atoms with E-state index in [-0.39, 0.29) is 5.56 Å². The Hall–Kier alpha value is -2.49. The number of hydrogen-bond acceptors (Lipinski definition) is 3. The Kier molecular flexibility index (Phi) is 4.60. The predicted octanol–water partition coefficient (Wildman–Crippen LogP) is 3.18. The lowest BCUT2D eigenvalue weighted by atomic mass is 10.1. The van der Waals surface area contributed by atoms with Crippen molar-refractivity contribution in [2.45, 2.75) is 6.92 Å². The van der Waals surface area contributed by atoms with Crippen molar-refractivity contribution in [3.05, 3.63) is 59.7 Å². The summed E-state index contributed by atoms with van der Waals surface area (Å²) in [5.74, 6) is -0.127. The third-order valence-electron chi connectivity index (χ3n) is 2.92. The molecule has 0 unspecified atom stereocenters. The number of anilines is 1. The molecule has 0 aliphatic carbocycles. The van der Waals surface area contributed by atoms with Crippen molar-refractivity contribution in [2.75, 3.05) is 18.5 Å². The van der Waals surface area contributed by atoms with E-state index < -0.39 is 5.97 Å². The fourth-order valence-electron chi connectivity index (χ4n) is 1.94. The first-order valence-electron chi connectivity index (χ1n) is 6.43. The number of carboxylic acid groups (broad SMARTS) is 1. The highest BCUT2D eigenvalue weighted by Crippen LogP contribution is 2.20. The van der Waals surface area contributed by atoms with E-state index in [0.717, 1.165) is 11.3 Å². The molecule has 104 valence electrons. The molecule has 2 rings (SSSR count). The minimum Gasteiger partial charge on any atom is -0.492 e. The van der Waals surface area contributed by atoms with E-state index in [4.69, 9.17) is 9.84 Å². The quantitative estimate of drug-likeness (QED) is 0.792. The minimum atomic E-state index is -0.930. The molecule has 0 amide bonds. The Bertz CT molecular complexity index is 582. The number of aryl methyl sites for hydroxylation is 1. The van der Waals surface area contributed by atoms with Gasteiger partial charge in [0.25, 0.3) is 0 Å². The van der Waals surface area contributed by atoms with Crippen molar-refractivity contribution in [3.8, 4) is 5.75 Å². The second-order valence-electron chi connectivity index (χ2n) is 4.39. The van der Waals surface area contributed by atoms with Gasteiger partial charge in [0.05, 0.1) is 11.3 Å². The summed E-state index contributed by atoms with van der Waals surface area (Å²) in [6.45, 7) is 2.89. The van der Waals surface area contributed by atoms with Gasteiger partial charge in [0.2, 0.25) is 0 Å². The standard InChI is InChI=1S/C16H17NO3/c1-12-6-5-9-14(16(18)19)15(12)17-10-11-20-13-7-3-2-4-8-13/h2-9,17H,10-11H2,1H3,(H,18,19). The van der Waals surface area contributed by atoms with Crippen LogP contribution in [0.15, 0.2) is 48.5 Å². The lowest BCUT2D eigenvalue weighted by molar-refractivity contribution is 0.0698.